The molecule has 0 radical (unpaired) electrons. The Kier molecular flexibility index (Phi) is 5.72. The monoisotopic (exact) mass is 456 g/mol. The molecule has 0 fully saturated rings. The fourth-order valence-corrected chi connectivity index (χ4v) is 5.41. The summed E-state index contributed by atoms with van der Waals surface area (Å²) in [5.74, 6) is -0.541. The first kappa shape index (κ1) is 21.4. The van der Waals surface area contributed by atoms with Crippen LogP contribution in [0.4, 0.5) is 0 Å². The van der Waals surface area contributed by atoms with E-state index < -0.39 is 0 Å². The average molecular weight is 457 g/mol. The van der Waals surface area contributed by atoms with E-state index in [-0.39, 0.29) is 18.4 Å². The molecule has 7 heteroatoms. The van der Waals surface area contributed by atoms with Gasteiger partial charge < -0.3 is 4.90 Å². The topological polar surface area (TPSA) is 66.4 Å². The molecule has 0 saturated heterocycles. The first-order valence-electron chi connectivity index (χ1n) is 11.0. The summed E-state index contributed by atoms with van der Waals surface area (Å²) in [5.41, 5.74) is 5.51. The maximum Gasteiger partial charge on any atom is 0.278 e. The lowest BCUT2D eigenvalue weighted by Crippen LogP contribution is -2.37. The second-order valence-corrected chi connectivity index (χ2v) is 9.31. The van der Waals surface area contributed by atoms with Crippen LogP contribution in [0.5, 0.6) is 0 Å². The number of hydrogen-bond acceptors (Lipinski definition) is 6. The third kappa shape index (κ3) is 4.28. The van der Waals surface area contributed by atoms with E-state index in [4.69, 9.17) is 0 Å². The average Bonchev–Trinajstić information content (AvgIpc) is 3.03. The molecule has 2 aliphatic rings. The van der Waals surface area contributed by atoms with Gasteiger partial charge in [-0.1, -0.05) is 54.6 Å². The van der Waals surface area contributed by atoms with Crippen molar-refractivity contribution < 1.29 is 9.59 Å². The fourth-order valence-electron chi connectivity index (χ4n) is 4.34. The summed E-state index contributed by atoms with van der Waals surface area (Å²) in [5, 5.41) is 0.486. The minimum absolute atomic E-state index is 0.240. The molecule has 2 amide bonds. The lowest BCUT2D eigenvalue weighted by atomic mass is 9.99. The van der Waals surface area contributed by atoms with Crippen LogP contribution in [0.1, 0.15) is 28.1 Å². The number of thioether (sulfide) groups is 1. The van der Waals surface area contributed by atoms with Gasteiger partial charge in [-0.15, -0.1) is 0 Å². The summed E-state index contributed by atoms with van der Waals surface area (Å²) in [6.07, 6.45) is 0.831. The Balaban J connectivity index is 1.52. The van der Waals surface area contributed by atoms with E-state index in [1.165, 1.54) is 27.8 Å². The van der Waals surface area contributed by atoms with Crippen molar-refractivity contribution in [1.82, 2.24) is 19.8 Å². The quantitative estimate of drug-likeness (QED) is 0.427. The highest BCUT2D eigenvalue weighted by atomic mass is 32.2. The maximum absolute atomic E-state index is 13.6. The molecule has 2 aromatic carbocycles. The van der Waals surface area contributed by atoms with Crippen LogP contribution in [-0.2, 0) is 29.1 Å². The second kappa shape index (κ2) is 8.83. The molecule has 0 spiro atoms. The molecule has 33 heavy (non-hydrogen) atoms. The minimum atomic E-state index is -0.287. The zero-order chi connectivity index (χ0) is 22.9. The molecule has 0 N–H and O–H groups in total. The molecule has 2 aliphatic heterocycles. The number of carbonyl (C=O) groups is 2. The Labute approximate surface area is 197 Å². The van der Waals surface area contributed by atoms with Crippen LogP contribution in [0.3, 0.4) is 0 Å². The number of imide groups is 1. The molecular formula is C26H24N4O2S. The molecule has 166 valence electrons. The van der Waals surface area contributed by atoms with Gasteiger partial charge in [0.25, 0.3) is 11.8 Å². The second-order valence-electron chi connectivity index (χ2n) is 8.34. The summed E-state index contributed by atoms with van der Waals surface area (Å²) < 4.78 is 0. The van der Waals surface area contributed by atoms with Gasteiger partial charge in [-0.25, -0.2) is 9.97 Å². The minimum Gasteiger partial charge on any atom is -0.361 e. The van der Waals surface area contributed by atoms with Crippen LogP contribution in [0.25, 0.3) is 0 Å². The smallest absolute Gasteiger partial charge is 0.278 e. The number of rotatable bonds is 5. The first-order chi connectivity index (χ1) is 16.0. The molecule has 0 unspecified atom stereocenters. The zero-order valence-electron chi connectivity index (χ0n) is 18.6. The third-order valence-electron chi connectivity index (χ3n) is 5.89. The van der Waals surface area contributed by atoms with Gasteiger partial charge in [0.05, 0.1) is 6.54 Å². The highest BCUT2D eigenvalue weighted by molar-refractivity contribution is 8.04. The van der Waals surface area contributed by atoms with Gasteiger partial charge in [0.2, 0.25) is 0 Å². The Morgan fingerprint density at radius 1 is 0.879 bits per heavy atom. The van der Waals surface area contributed by atoms with Crippen molar-refractivity contribution in [2.75, 3.05) is 6.54 Å². The lowest BCUT2D eigenvalue weighted by Gasteiger charge is -2.31. The zero-order valence-corrected chi connectivity index (χ0v) is 19.4. The van der Waals surface area contributed by atoms with Crippen LogP contribution < -0.4 is 0 Å². The Morgan fingerprint density at radius 3 is 2.27 bits per heavy atom. The highest BCUT2D eigenvalue weighted by Gasteiger charge is 2.42. The van der Waals surface area contributed by atoms with Gasteiger partial charge in [0.15, 0.2) is 5.16 Å². The predicted octanol–water partition coefficient (Wildman–Crippen LogP) is 4.02. The first-order valence-corrected chi connectivity index (χ1v) is 11.8. The van der Waals surface area contributed by atoms with Gasteiger partial charge in [-0.05, 0) is 54.8 Å². The molecule has 3 heterocycles. The van der Waals surface area contributed by atoms with Gasteiger partial charge in [-0.2, -0.15) is 0 Å². The number of hydrogen-bond donors (Lipinski definition) is 0. The van der Waals surface area contributed by atoms with E-state index >= 15 is 0 Å². The largest absolute Gasteiger partial charge is 0.361 e. The summed E-state index contributed by atoms with van der Waals surface area (Å²) in [4.78, 5) is 39.9. The van der Waals surface area contributed by atoms with Crippen molar-refractivity contribution in [1.29, 1.82) is 0 Å². The number of aryl methyl sites for hydroxylation is 2. The molecule has 0 bridgehead atoms. The lowest BCUT2D eigenvalue weighted by molar-refractivity contribution is -0.138. The molecule has 0 saturated carbocycles. The van der Waals surface area contributed by atoms with Crippen LogP contribution in [0.2, 0.25) is 0 Å². The Morgan fingerprint density at radius 2 is 1.55 bits per heavy atom. The Bertz CT molecular complexity index is 1250. The normalized spacial score (nSPS) is 15.9. The van der Waals surface area contributed by atoms with E-state index in [0.717, 1.165) is 23.4 Å². The van der Waals surface area contributed by atoms with Crippen molar-refractivity contribution in [3.8, 4) is 0 Å². The number of aromatic nitrogens is 2. The molecular weight excluding hydrogens is 432 g/mol. The van der Waals surface area contributed by atoms with Gasteiger partial charge in [0, 0.05) is 24.5 Å². The maximum atomic E-state index is 13.6. The molecule has 0 atom stereocenters. The number of benzene rings is 2. The van der Waals surface area contributed by atoms with E-state index in [2.05, 4.69) is 22.1 Å². The van der Waals surface area contributed by atoms with Gasteiger partial charge in [-0.3, -0.25) is 14.5 Å². The number of nitrogens with zero attached hydrogens (tertiary/aromatic N) is 4. The van der Waals surface area contributed by atoms with Crippen molar-refractivity contribution in [3.05, 3.63) is 99.3 Å². The molecule has 6 nitrogen and oxygen atoms in total. The standard InChI is InChI=1S/C26H24N4O2S/c1-17-14-18(2)28-26(27-17)33-23-22(29-13-12-20-10-6-7-11-21(20)16-29)24(31)30(25(23)32)15-19-8-4-3-5-9-19/h3-11,14H,12-13,15-16H2,1-2H3. The summed E-state index contributed by atoms with van der Waals surface area (Å²) in [6, 6.07) is 19.8. The molecule has 0 aliphatic carbocycles. The molecule has 1 aromatic heterocycles. The van der Waals surface area contributed by atoms with Crippen LogP contribution in [0, 0.1) is 13.8 Å². The highest BCUT2D eigenvalue weighted by Crippen LogP contribution is 2.37. The number of amides is 2. The molecule has 3 aromatic rings. The van der Waals surface area contributed by atoms with E-state index in [1.54, 1.807) is 0 Å². The summed E-state index contributed by atoms with van der Waals surface area (Å²) >= 11 is 1.19. The van der Waals surface area contributed by atoms with Crippen molar-refractivity contribution in [3.63, 3.8) is 0 Å². The van der Waals surface area contributed by atoms with Gasteiger partial charge in [0.1, 0.15) is 10.6 Å². The van der Waals surface area contributed by atoms with Crippen molar-refractivity contribution in [2.45, 2.75) is 38.5 Å². The van der Waals surface area contributed by atoms with E-state index in [9.17, 15) is 9.59 Å². The Hall–Kier alpha value is -3.45. The van der Waals surface area contributed by atoms with Gasteiger partial charge >= 0.3 is 0 Å². The van der Waals surface area contributed by atoms with Crippen LogP contribution in [0.15, 0.2) is 76.4 Å². The molecule has 5 rings (SSSR count). The third-order valence-corrected chi connectivity index (χ3v) is 6.82. The number of fused-ring (bicyclic) bond motifs is 1. The fraction of sp³-hybridized carbons (Fsp3) is 0.231. The number of carbonyl (C=O) groups excluding carboxylic acids is 2. The van der Waals surface area contributed by atoms with Crippen LogP contribution in [-0.4, -0.2) is 38.1 Å². The summed E-state index contributed by atoms with van der Waals surface area (Å²) in [6.45, 7) is 5.33. The SMILES string of the molecule is Cc1cc(C)nc(SC2=C(N3CCc4ccccc4C3)C(=O)N(Cc3ccccc3)C2=O)n1. The van der Waals surface area contributed by atoms with E-state index in [0.29, 0.717) is 28.8 Å². The van der Waals surface area contributed by atoms with Crippen molar-refractivity contribution in [2.24, 2.45) is 0 Å². The summed E-state index contributed by atoms with van der Waals surface area (Å²) in [7, 11) is 0. The van der Waals surface area contributed by atoms with Crippen molar-refractivity contribution >= 4 is 23.6 Å². The van der Waals surface area contributed by atoms with Crippen LogP contribution >= 0.6 is 11.8 Å². The van der Waals surface area contributed by atoms with E-state index in [1.807, 2.05) is 67.3 Å². The predicted molar refractivity (Wildman–Crippen MR) is 127 cm³/mol.